The Balaban J connectivity index is 2.38. The summed E-state index contributed by atoms with van der Waals surface area (Å²) in [4.78, 5) is 9.63. The predicted octanol–water partition coefficient (Wildman–Crippen LogP) is 4.50. The van der Waals surface area contributed by atoms with Crippen molar-refractivity contribution in [3.8, 4) is 11.3 Å². The molecule has 0 bridgehead atoms. The van der Waals surface area contributed by atoms with Gasteiger partial charge in [-0.2, -0.15) is 0 Å². The highest BCUT2D eigenvalue weighted by atomic mass is 35.5. The quantitative estimate of drug-likeness (QED) is 0.615. The topological polar surface area (TPSA) is 56.3 Å². The fraction of sp³-hybridized carbons (Fsp3) is 0. The first-order chi connectivity index (χ1) is 8.58. The van der Waals surface area contributed by atoms with Crippen LogP contribution in [-0.4, -0.2) is 4.92 Å². The van der Waals surface area contributed by atoms with Crippen molar-refractivity contribution >= 4 is 29.3 Å². The van der Waals surface area contributed by atoms with Crippen LogP contribution in [0.4, 0.5) is 0 Å². The first kappa shape index (κ1) is 12.7. The van der Waals surface area contributed by atoms with Crippen LogP contribution in [0.5, 0.6) is 0 Å². The highest BCUT2D eigenvalue weighted by Crippen LogP contribution is 2.35. The van der Waals surface area contributed by atoms with Gasteiger partial charge >= 0.3 is 0 Å². The summed E-state index contributed by atoms with van der Waals surface area (Å²) in [5, 5.41) is 11.1. The van der Waals surface area contributed by atoms with Crippen LogP contribution in [0.15, 0.2) is 40.9 Å². The van der Waals surface area contributed by atoms with Gasteiger partial charge in [0, 0.05) is 0 Å². The van der Waals surface area contributed by atoms with E-state index in [4.69, 9.17) is 27.6 Å². The van der Waals surface area contributed by atoms with Gasteiger partial charge in [0.05, 0.1) is 26.6 Å². The minimum atomic E-state index is -0.565. The van der Waals surface area contributed by atoms with E-state index in [1.54, 1.807) is 30.3 Å². The summed E-state index contributed by atoms with van der Waals surface area (Å²) in [7, 11) is 0. The maximum absolute atomic E-state index is 10.2. The van der Waals surface area contributed by atoms with Crippen LogP contribution in [0.1, 0.15) is 5.76 Å². The molecule has 0 radical (unpaired) electrons. The number of hydrogen-bond donors (Lipinski definition) is 0. The standard InChI is InChI=1S/C12H7Cl2NO3/c13-9-2-1-3-10(14)12(9)11-5-4-8(18-11)6-7-15(16)17/h1-7H/b7-6+. The molecule has 92 valence electrons. The third-order valence-corrected chi connectivity index (χ3v) is 2.83. The molecule has 0 saturated heterocycles. The van der Waals surface area contributed by atoms with E-state index in [0.717, 1.165) is 6.20 Å². The van der Waals surface area contributed by atoms with Crippen molar-refractivity contribution in [1.82, 2.24) is 0 Å². The highest BCUT2D eigenvalue weighted by molar-refractivity contribution is 6.39. The van der Waals surface area contributed by atoms with E-state index in [9.17, 15) is 10.1 Å². The first-order valence-corrected chi connectivity index (χ1v) is 5.69. The normalized spacial score (nSPS) is 11.0. The molecule has 0 unspecified atom stereocenters. The second-order valence-electron chi connectivity index (χ2n) is 3.40. The van der Waals surface area contributed by atoms with E-state index in [1.165, 1.54) is 6.08 Å². The number of halogens is 2. The molecule has 0 atom stereocenters. The molecule has 0 saturated carbocycles. The van der Waals surface area contributed by atoms with Crippen molar-refractivity contribution in [1.29, 1.82) is 0 Å². The van der Waals surface area contributed by atoms with E-state index in [0.29, 0.717) is 27.1 Å². The number of benzene rings is 1. The molecule has 0 fully saturated rings. The summed E-state index contributed by atoms with van der Waals surface area (Å²) in [6.45, 7) is 0. The van der Waals surface area contributed by atoms with Crippen molar-refractivity contribution in [2.75, 3.05) is 0 Å². The lowest BCUT2D eigenvalue weighted by atomic mass is 10.2. The summed E-state index contributed by atoms with van der Waals surface area (Å²) in [6.07, 6.45) is 2.06. The second kappa shape index (κ2) is 5.25. The van der Waals surface area contributed by atoms with Gasteiger partial charge in [-0.15, -0.1) is 0 Å². The Morgan fingerprint density at radius 3 is 2.44 bits per heavy atom. The van der Waals surface area contributed by atoms with E-state index >= 15 is 0 Å². The molecule has 0 aliphatic heterocycles. The van der Waals surface area contributed by atoms with Gasteiger partial charge < -0.3 is 4.42 Å². The molecule has 0 N–H and O–H groups in total. The Morgan fingerprint density at radius 2 is 1.83 bits per heavy atom. The summed E-state index contributed by atoms with van der Waals surface area (Å²) < 4.78 is 5.42. The first-order valence-electron chi connectivity index (χ1n) is 4.94. The molecule has 0 aliphatic rings. The average Bonchev–Trinajstić information content (AvgIpc) is 2.75. The fourth-order valence-corrected chi connectivity index (χ4v) is 2.03. The largest absolute Gasteiger partial charge is 0.456 e. The van der Waals surface area contributed by atoms with Gasteiger partial charge in [0.2, 0.25) is 6.20 Å². The van der Waals surface area contributed by atoms with Crippen molar-refractivity contribution in [3.05, 3.63) is 62.5 Å². The third-order valence-electron chi connectivity index (χ3n) is 2.20. The Bertz CT molecular complexity index is 599. The number of nitrogens with zero attached hydrogens (tertiary/aromatic N) is 1. The van der Waals surface area contributed by atoms with Crippen LogP contribution in [0.25, 0.3) is 17.4 Å². The smallest absolute Gasteiger partial charge is 0.238 e. The van der Waals surface area contributed by atoms with Crippen LogP contribution < -0.4 is 0 Å². The molecule has 1 aromatic heterocycles. The number of hydrogen-bond acceptors (Lipinski definition) is 3. The van der Waals surface area contributed by atoms with Crippen molar-refractivity contribution in [2.45, 2.75) is 0 Å². The molecule has 1 heterocycles. The lowest BCUT2D eigenvalue weighted by Gasteiger charge is -2.02. The molecule has 18 heavy (non-hydrogen) atoms. The van der Waals surface area contributed by atoms with Gasteiger partial charge in [0.1, 0.15) is 11.5 Å². The molecule has 2 aromatic rings. The fourth-order valence-electron chi connectivity index (χ4n) is 1.44. The van der Waals surface area contributed by atoms with Gasteiger partial charge in [0.15, 0.2) is 0 Å². The minimum Gasteiger partial charge on any atom is -0.456 e. The van der Waals surface area contributed by atoms with Crippen molar-refractivity contribution in [2.24, 2.45) is 0 Å². The second-order valence-corrected chi connectivity index (χ2v) is 4.21. The summed E-state index contributed by atoms with van der Waals surface area (Å²) in [5.41, 5.74) is 0.571. The van der Waals surface area contributed by atoms with Crippen LogP contribution in [0, 0.1) is 10.1 Å². The highest BCUT2D eigenvalue weighted by Gasteiger charge is 2.11. The maximum Gasteiger partial charge on any atom is 0.238 e. The van der Waals surface area contributed by atoms with Gasteiger partial charge in [-0.25, -0.2) is 0 Å². The summed E-state index contributed by atoms with van der Waals surface area (Å²) in [5.74, 6) is 0.825. The van der Waals surface area contributed by atoms with Crippen molar-refractivity contribution in [3.63, 3.8) is 0 Å². The Hall–Kier alpha value is -1.78. The minimum absolute atomic E-state index is 0.359. The third kappa shape index (κ3) is 2.72. The number of nitro groups is 1. The average molecular weight is 284 g/mol. The zero-order chi connectivity index (χ0) is 13.1. The van der Waals surface area contributed by atoms with E-state index in [-0.39, 0.29) is 0 Å². The van der Waals surface area contributed by atoms with Gasteiger partial charge in [-0.3, -0.25) is 10.1 Å². The Labute approximate surface area is 113 Å². The Morgan fingerprint density at radius 1 is 1.17 bits per heavy atom. The lowest BCUT2D eigenvalue weighted by molar-refractivity contribution is -0.401. The molecule has 2 rings (SSSR count). The molecule has 6 heteroatoms. The monoisotopic (exact) mass is 283 g/mol. The van der Waals surface area contributed by atoms with Gasteiger partial charge in [-0.1, -0.05) is 29.3 Å². The van der Waals surface area contributed by atoms with Crippen LogP contribution in [0.2, 0.25) is 10.0 Å². The van der Waals surface area contributed by atoms with E-state index in [1.807, 2.05) is 0 Å². The van der Waals surface area contributed by atoms with Crippen LogP contribution >= 0.6 is 23.2 Å². The van der Waals surface area contributed by atoms with Gasteiger partial charge in [0.25, 0.3) is 0 Å². The molecule has 0 amide bonds. The molecular weight excluding hydrogens is 277 g/mol. The zero-order valence-corrected chi connectivity index (χ0v) is 10.5. The number of rotatable bonds is 3. The van der Waals surface area contributed by atoms with E-state index in [2.05, 4.69) is 0 Å². The SMILES string of the molecule is O=[N+]([O-])/C=C/c1ccc(-c2c(Cl)cccc2Cl)o1. The van der Waals surface area contributed by atoms with Crippen molar-refractivity contribution < 1.29 is 9.34 Å². The predicted molar refractivity (Wildman–Crippen MR) is 70.2 cm³/mol. The van der Waals surface area contributed by atoms with Crippen LogP contribution in [-0.2, 0) is 0 Å². The molecular formula is C12H7Cl2NO3. The maximum atomic E-state index is 10.2. The molecule has 1 aromatic carbocycles. The molecule has 0 aliphatic carbocycles. The lowest BCUT2D eigenvalue weighted by Crippen LogP contribution is -1.81. The number of furan rings is 1. The molecule has 4 nitrogen and oxygen atoms in total. The van der Waals surface area contributed by atoms with Crippen LogP contribution in [0.3, 0.4) is 0 Å². The van der Waals surface area contributed by atoms with Gasteiger partial charge in [-0.05, 0) is 24.3 Å². The summed E-state index contributed by atoms with van der Waals surface area (Å²) in [6, 6.07) is 8.38. The molecule has 0 spiro atoms. The zero-order valence-electron chi connectivity index (χ0n) is 8.97. The summed E-state index contributed by atoms with van der Waals surface area (Å²) >= 11 is 12.1. The Kier molecular flexibility index (Phi) is 3.69. The van der Waals surface area contributed by atoms with E-state index < -0.39 is 4.92 Å².